The summed E-state index contributed by atoms with van der Waals surface area (Å²) in [5, 5.41) is 3.97. The Morgan fingerprint density at radius 2 is 1.96 bits per heavy atom. The highest BCUT2D eigenvalue weighted by Crippen LogP contribution is 2.26. The van der Waals surface area contributed by atoms with Gasteiger partial charge in [-0.25, -0.2) is 4.98 Å². The van der Waals surface area contributed by atoms with Gasteiger partial charge < -0.3 is 10.2 Å². The second-order valence-electron chi connectivity index (χ2n) is 7.30. The zero-order valence-corrected chi connectivity index (χ0v) is 16.8. The van der Waals surface area contributed by atoms with Crippen LogP contribution in [0.25, 0.3) is 0 Å². The van der Waals surface area contributed by atoms with E-state index in [9.17, 15) is 4.79 Å². The normalized spacial score (nSPS) is 16.8. The van der Waals surface area contributed by atoms with E-state index in [1.807, 2.05) is 49.4 Å². The maximum absolute atomic E-state index is 12.7. The lowest BCUT2D eigenvalue weighted by Crippen LogP contribution is -2.40. The van der Waals surface area contributed by atoms with E-state index in [2.05, 4.69) is 26.7 Å². The summed E-state index contributed by atoms with van der Waals surface area (Å²) in [5.74, 6) is 0.900. The van der Waals surface area contributed by atoms with Gasteiger partial charge in [-0.2, -0.15) is 4.37 Å². The third kappa shape index (κ3) is 4.57. The van der Waals surface area contributed by atoms with Gasteiger partial charge in [0.05, 0.1) is 5.92 Å². The van der Waals surface area contributed by atoms with Gasteiger partial charge in [0.25, 0.3) is 0 Å². The average molecular weight is 393 g/mol. The molecule has 1 amide bonds. The molecule has 1 atom stereocenters. The number of carbonyl (C=O) groups is 1. The lowest BCUT2D eigenvalue weighted by molar-refractivity contribution is -0.120. The molecule has 1 aliphatic heterocycles. The molecule has 1 fully saturated rings. The molecule has 28 heavy (non-hydrogen) atoms. The lowest BCUT2D eigenvalue weighted by atomic mass is 9.97. The van der Waals surface area contributed by atoms with Crippen LogP contribution in [0.4, 0.5) is 10.8 Å². The number of hydrogen-bond donors (Lipinski definition) is 1. The third-order valence-electron chi connectivity index (χ3n) is 5.04. The van der Waals surface area contributed by atoms with Crippen LogP contribution in [0.5, 0.6) is 0 Å². The van der Waals surface area contributed by atoms with E-state index in [1.54, 1.807) is 0 Å². The van der Waals surface area contributed by atoms with Crippen LogP contribution in [0.3, 0.4) is 0 Å². The molecule has 0 bridgehead atoms. The number of aromatic nitrogens is 2. The van der Waals surface area contributed by atoms with Crippen LogP contribution in [0.1, 0.15) is 29.8 Å². The highest BCUT2D eigenvalue weighted by molar-refractivity contribution is 7.09. The minimum atomic E-state index is -0.0310. The summed E-state index contributed by atoms with van der Waals surface area (Å²) in [5.41, 5.74) is 3.25. The molecule has 0 spiro atoms. The van der Waals surface area contributed by atoms with Gasteiger partial charge in [0, 0.05) is 36.7 Å². The predicted molar refractivity (Wildman–Crippen MR) is 114 cm³/mol. The highest BCUT2D eigenvalue weighted by Gasteiger charge is 2.27. The number of rotatable bonds is 5. The van der Waals surface area contributed by atoms with Crippen molar-refractivity contribution in [3.8, 4) is 0 Å². The van der Waals surface area contributed by atoms with E-state index in [-0.39, 0.29) is 11.8 Å². The first-order valence-corrected chi connectivity index (χ1v) is 10.4. The zero-order valence-electron chi connectivity index (χ0n) is 16.0. The highest BCUT2D eigenvalue weighted by atomic mass is 32.1. The van der Waals surface area contributed by atoms with Crippen LogP contribution in [0.2, 0.25) is 0 Å². The van der Waals surface area contributed by atoms with E-state index in [1.165, 1.54) is 22.7 Å². The van der Waals surface area contributed by atoms with Gasteiger partial charge >= 0.3 is 0 Å². The molecule has 2 heterocycles. The number of carbonyl (C=O) groups excluding carboxylic acids is 1. The van der Waals surface area contributed by atoms with Gasteiger partial charge in [-0.05, 0) is 37.5 Å². The molecule has 5 nitrogen and oxygen atoms in total. The number of amides is 1. The van der Waals surface area contributed by atoms with Crippen LogP contribution in [0.15, 0.2) is 54.6 Å². The van der Waals surface area contributed by atoms with Gasteiger partial charge in [0.15, 0.2) is 0 Å². The average Bonchev–Trinajstić information content (AvgIpc) is 3.19. The van der Waals surface area contributed by atoms with Gasteiger partial charge in [-0.3, -0.25) is 4.79 Å². The van der Waals surface area contributed by atoms with E-state index < -0.39 is 0 Å². The second kappa shape index (κ2) is 8.52. The Labute approximate surface area is 169 Å². The Morgan fingerprint density at radius 1 is 1.18 bits per heavy atom. The number of aryl methyl sites for hydroxylation is 1. The molecule has 0 saturated carbocycles. The Hall–Kier alpha value is -2.73. The van der Waals surface area contributed by atoms with Crippen molar-refractivity contribution >= 4 is 28.3 Å². The predicted octanol–water partition coefficient (Wildman–Crippen LogP) is 4.29. The van der Waals surface area contributed by atoms with Crippen molar-refractivity contribution < 1.29 is 4.79 Å². The van der Waals surface area contributed by atoms with Gasteiger partial charge in [0.2, 0.25) is 11.0 Å². The van der Waals surface area contributed by atoms with Crippen LogP contribution >= 0.6 is 11.5 Å². The van der Waals surface area contributed by atoms with Crippen LogP contribution < -0.4 is 10.2 Å². The largest absolute Gasteiger partial charge is 0.346 e. The van der Waals surface area contributed by atoms with E-state index in [0.29, 0.717) is 6.54 Å². The van der Waals surface area contributed by atoms with E-state index in [0.717, 1.165) is 42.5 Å². The number of nitrogens with one attached hydrogen (secondary N) is 1. The van der Waals surface area contributed by atoms with Gasteiger partial charge in [-0.15, -0.1) is 0 Å². The van der Waals surface area contributed by atoms with Crippen LogP contribution in [-0.2, 0) is 11.2 Å². The molecular weight excluding hydrogens is 368 g/mol. The first kappa shape index (κ1) is 18.6. The Bertz CT molecular complexity index is 923. The first-order chi connectivity index (χ1) is 13.7. The molecule has 0 radical (unpaired) electrons. The maximum atomic E-state index is 12.7. The van der Waals surface area contributed by atoms with Gasteiger partial charge in [0.1, 0.15) is 5.82 Å². The topological polar surface area (TPSA) is 58.1 Å². The van der Waals surface area contributed by atoms with Crippen molar-refractivity contribution in [2.24, 2.45) is 5.92 Å². The fourth-order valence-corrected chi connectivity index (χ4v) is 4.19. The molecule has 2 aromatic carbocycles. The Morgan fingerprint density at radius 3 is 2.75 bits per heavy atom. The molecule has 1 N–H and O–H groups in total. The standard InChI is InChI=1S/C22H24N4OS/c1-16-9-11-19(12-10-16)23-21(27)18-8-5-13-26(15-18)22-24-20(25-28-22)14-17-6-3-2-4-7-17/h2-4,6-7,9-12,18H,5,8,13-15H2,1H3,(H,23,27). The molecular formula is C22H24N4OS. The summed E-state index contributed by atoms with van der Waals surface area (Å²) in [6.07, 6.45) is 2.63. The summed E-state index contributed by atoms with van der Waals surface area (Å²) >= 11 is 1.43. The molecule has 6 heteroatoms. The summed E-state index contributed by atoms with van der Waals surface area (Å²) in [6, 6.07) is 18.2. The number of benzene rings is 2. The molecule has 0 aliphatic carbocycles. The SMILES string of the molecule is Cc1ccc(NC(=O)C2CCCN(c3nc(Cc4ccccc4)ns3)C2)cc1. The quantitative estimate of drug-likeness (QED) is 0.704. The van der Waals surface area contributed by atoms with Crippen molar-refractivity contribution in [3.63, 3.8) is 0 Å². The summed E-state index contributed by atoms with van der Waals surface area (Å²) in [7, 11) is 0. The summed E-state index contributed by atoms with van der Waals surface area (Å²) < 4.78 is 4.52. The van der Waals surface area contributed by atoms with Crippen LogP contribution in [0, 0.1) is 12.8 Å². The second-order valence-corrected chi connectivity index (χ2v) is 8.03. The van der Waals surface area contributed by atoms with Crippen molar-refractivity contribution in [1.82, 2.24) is 9.36 Å². The molecule has 1 aliphatic rings. The smallest absolute Gasteiger partial charge is 0.229 e. The number of nitrogens with zero attached hydrogens (tertiary/aromatic N) is 3. The van der Waals surface area contributed by atoms with Gasteiger partial charge in [-0.1, -0.05) is 48.0 Å². The molecule has 1 saturated heterocycles. The maximum Gasteiger partial charge on any atom is 0.229 e. The minimum Gasteiger partial charge on any atom is -0.346 e. The van der Waals surface area contributed by atoms with E-state index in [4.69, 9.17) is 4.98 Å². The number of hydrogen-bond acceptors (Lipinski definition) is 5. The van der Waals surface area contributed by atoms with E-state index >= 15 is 0 Å². The molecule has 1 aromatic heterocycles. The first-order valence-electron chi connectivity index (χ1n) is 9.66. The van der Waals surface area contributed by atoms with Crippen LogP contribution in [-0.4, -0.2) is 28.4 Å². The van der Waals surface area contributed by atoms with Crippen molar-refractivity contribution in [2.75, 3.05) is 23.3 Å². The minimum absolute atomic E-state index is 0.0310. The molecule has 1 unspecified atom stereocenters. The fraction of sp³-hybridized carbons (Fsp3) is 0.318. The fourth-order valence-electron chi connectivity index (χ4n) is 3.47. The number of anilines is 2. The third-order valence-corrected chi connectivity index (χ3v) is 5.86. The summed E-state index contributed by atoms with van der Waals surface area (Å²) in [6.45, 7) is 3.66. The molecule has 3 aromatic rings. The molecule has 4 rings (SSSR count). The van der Waals surface area contributed by atoms with Crippen molar-refractivity contribution in [3.05, 3.63) is 71.5 Å². The van der Waals surface area contributed by atoms with Crippen molar-refractivity contribution in [2.45, 2.75) is 26.2 Å². The lowest BCUT2D eigenvalue weighted by Gasteiger charge is -2.31. The summed E-state index contributed by atoms with van der Waals surface area (Å²) in [4.78, 5) is 19.6. The Balaban J connectivity index is 1.38. The zero-order chi connectivity index (χ0) is 19.3. The monoisotopic (exact) mass is 392 g/mol. The molecule has 144 valence electrons. The Kier molecular flexibility index (Phi) is 5.67. The van der Waals surface area contributed by atoms with Crippen molar-refractivity contribution in [1.29, 1.82) is 0 Å². The number of piperidine rings is 1.